The van der Waals surface area contributed by atoms with Gasteiger partial charge in [0, 0.05) is 36.8 Å². The first-order valence-electron chi connectivity index (χ1n) is 9.42. The van der Waals surface area contributed by atoms with Gasteiger partial charge in [0.25, 0.3) is 5.91 Å². The molecule has 32 heavy (non-hydrogen) atoms. The highest BCUT2D eigenvalue weighted by Gasteiger charge is 2.25. The maximum Gasteiger partial charge on any atom is 0.303 e. The average molecular weight is 574 g/mol. The van der Waals surface area contributed by atoms with Gasteiger partial charge in [-0.25, -0.2) is 4.39 Å². The van der Waals surface area contributed by atoms with Crippen molar-refractivity contribution in [1.29, 1.82) is 0 Å². The summed E-state index contributed by atoms with van der Waals surface area (Å²) in [5.74, 6) is -1.57. The Labute approximate surface area is 198 Å². The summed E-state index contributed by atoms with van der Waals surface area (Å²) < 4.78 is 44.3. The quantitative estimate of drug-likeness (QED) is 0.227. The number of halogens is 2. The Morgan fingerprint density at radius 3 is 2.59 bits per heavy atom. The lowest BCUT2D eigenvalue weighted by molar-refractivity contribution is -0.137. The number of hydrogen-bond acceptors (Lipinski definition) is 6. The third-order valence-corrected chi connectivity index (χ3v) is 6.11. The number of carbonyl (C=O) groups is 2. The summed E-state index contributed by atoms with van der Waals surface area (Å²) in [7, 11) is 1.46. The first kappa shape index (κ1) is 24.1. The van der Waals surface area contributed by atoms with Gasteiger partial charge in [0.2, 0.25) is 5.71 Å². The van der Waals surface area contributed by atoms with E-state index in [0.29, 0.717) is 27.4 Å². The van der Waals surface area contributed by atoms with Gasteiger partial charge in [-0.05, 0) is 65.8 Å². The van der Waals surface area contributed by atoms with E-state index in [-0.39, 0.29) is 35.8 Å². The summed E-state index contributed by atoms with van der Waals surface area (Å²) in [5, 5.41) is 11.7. The minimum absolute atomic E-state index is 0.0335. The Bertz CT molecular complexity index is 1180. The number of carboxylic acids is 1. The highest BCUT2D eigenvalue weighted by atomic mass is 127. The van der Waals surface area contributed by atoms with Crippen LogP contribution >= 0.6 is 22.6 Å². The highest BCUT2D eigenvalue weighted by Crippen LogP contribution is 2.36. The van der Waals surface area contributed by atoms with Gasteiger partial charge in [-0.2, -0.15) is 4.98 Å². The molecule has 2 heterocycles. The number of fused-ring (bicyclic) bond motifs is 1. The largest absolute Gasteiger partial charge is 0.755 e. The van der Waals surface area contributed by atoms with Gasteiger partial charge in [0.1, 0.15) is 11.6 Å². The smallest absolute Gasteiger partial charge is 0.303 e. The SMILES string of the molecule is CNC(=O)c1c(-c2ccc(F)cc2)oc2nc(N(CCCCC(=O)O)S(=O)[O-])c(I)cc12. The third-order valence-electron chi connectivity index (χ3n) is 4.60. The molecule has 0 bridgehead atoms. The van der Waals surface area contributed by atoms with Crippen LogP contribution in [0.3, 0.4) is 0 Å². The van der Waals surface area contributed by atoms with Gasteiger partial charge in [-0.3, -0.25) is 18.1 Å². The standard InChI is InChI=1S/C20H19FIN3O6S/c1-23-19(28)16-13-10-14(22)18(25(32(29)30)9-3-2-4-15(26)27)24-20(13)31-17(16)11-5-7-12(21)8-6-11/h5-8,10H,2-4,9H2,1H3,(H,23,28)(H,26,27)(H,29,30)/p-1. The fourth-order valence-electron chi connectivity index (χ4n) is 3.10. The predicted molar refractivity (Wildman–Crippen MR) is 123 cm³/mol. The molecule has 9 nitrogen and oxygen atoms in total. The molecule has 0 aliphatic rings. The van der Waals surface area contributed by atoms with Crippen molar-refractivity contribution in [3.8, 4) is 11.3 Å². The molecule has 3 aromatic rings. The van der Waals surface area contributed by atoms with Gasteiger partial charge in [0.05, 0.1) is 14.5 Å². The topological polar surface area (TPSA) is 136 Å². The van der Waals surface area contributed by atoms with Crippen molar-refractivity contribution in [2.75, 3.05) is 17.9 Å². The number of pyridine rings is 1. The molecule has 1 atom stereocenters. The first-order chi connectivity index (χ1) is 15.2. The van der Waals surface area contributed by atoms with Crippen LogP contribution in [-0.2, 0) is 16.1 Å². The van der Waals surface area contributed by atoms with Crippen molar-refractivity contribution in [3.63, 3.8) is 0 Å². The van der Waals surface area contributed by atoms with Gasteiger partial charge in [-0.15, -0.1) is 0 Å². The zero-order valence-corrected chi connectivity index (χ0v) is 19.7. The monoisotopic (exact) mass is 574 g/mol. The number of nitrogens with one attached hydrogen (secondary N) is 1. The molecule has 1 unspecified atom stereocenters. The number of furan rings is 1. The van der Waals surface area contributed by atoms with E-state index in [1.807, 2.05) is 22.6 Å². The molecule has 0 fully saturated rings. The second-order valence-corrected chi connectivity index (χ2v) is 8.75. The van der Waals surface area contributed by atoms with Crippen LogP contribution in [0.25, 0.3) is 22.4 Å². The summed E-state index contributed by atoms with van der Waals surface area (Å²) in [4.78, 5) is 27.6. The van der Waals surface area contributed by atoms with Crippen LogP contribution in [0.4, 0.5) is 10.2 Å². The lowest BCUT2D eigenvalue weighted by Crippen LogP contribution is -2.28. The van der Waals surface area contributed by atoms with E-state index in [1.165, 1.54) is 31.3 Å². The molecule has 12 heteroatoms. The number of carbonyl (C=O) groups excluding carboxylic acids is 1. The maximum atomic E-state index is 13.4. The fraction of sp³-hybridized carbons (Fsp3) is 0.250. The van der Waals surface area contributed by atoms with E-state index in [9.17, 15) is 22.7 Å². The zero-order valence-electron chi connectivity index (χ0n) is 16.8. The number of nitrogens with zero attached hydrogens (tertiary/aromatic N) is 2. The second kappa shape index (κ2) is 10.4. The number of rotatable bonds is 9. The summed E-state index contributed by atoms with van der Waals surface area (Å²) in [6.45, 7) is 0.0335. The van der Waals surface area contributed by atoms with E-state index in [2.05, 4.69) is 10.3 Å². The molecule has 170 valence electrons. The zero-order chi connectivity index (χ0) is 23.4. The lowest BCUT2D eigenvalue weighted by atomic mass is 10.1. The van der Waals surface area contributed by atoms with Crippen molar-refractivity contribution in [3.05, 3.63) is 45.3 Å². The van der Waals surface area contributed by atoms with Crippen molar-refractivity contribution >= 4 is 62.7 Å². The van der Waals surface area contributed by atoms with Crippen LogP contribution < -0.4 is 9.62 Å². The van der Waals surface area contributed by atoms with E-state index in [4.69, 9.17) is 9.52 Å². The number of benzene rings is 1. The molecule has 0 spiro atoms. The molecular weight excluding hydrogens is 556 g/mol. The van der Waals surface area contributed by atoms with Crippen LogP contribution in [0.15, 0.2) is 34.7 Å². The van der Waals surface area contributed by atoms with Gasteiger partial charge >= 0.3 is 5.97 Å². The molecule has 0 saturated carbocycles. The minimum atomic E-state index is -2.66. The minimum Gasteiger partial charge on any atom is -0.755 e. The molecule has 3 rings (SSSR count). The van der Waals surface area contributed by atoms with E-state index < -0.39 is 29.0 Å². The summed E-state index contributed by atoms with van der Waals surface area (Å²) >= 11 is -0.749. The van der Waals surface area contributed by atoms with Crippen LogP contribution in [0.1, 0.15) is 29.6 Å². The van der Waals surface area contributed by atoms with Crippen molar-refractivity contribution < 1.29 is 32.3 Å². The molecule has 0 saturated heterocycles. The van der Waals surface area contributed by atoms with Crippen LogP contribution in [0, 0.1) is 9.39 Å². The predicted octanol–water partition coefficient (Wildman–Crippen LogP) is 3.45. The molecule has 2 N–H and O–H groups in total. The normalized spacial score (nSPS) is 12.0. The number of amides is 1. The number of aromatic nitrogens is 1. The fourth-order valence-corrected chi connectivity index (χ4v) is 4.55. The van der Waals surface area contributed by atoms with E-state index >= 15 is 0 Å². The van der Waals surface area contributed by atoms with Gasteiger partial charge in [0.15, 0.2) is 5.82 Å². The molecular formula is C20H18FIN3O6S-. The number of anilines is 1. The molecule has 1 amide bonds. The number of carboxylic acid groups (broad SMARTS) is 1. The van der Waals surface area contributed by atoms with Crippen LogP contribution in [0.2, 0.25) is 0 Å². The van der Waals surface area contributed by atoms with Gasteiger partial charge < -0.3 is 19.4 Å². The molecule has 0 radical (unpaired) electrons. The number of unbranched alkanes of at least 4 members (excludes halogenated alkanes) is 1. The average Bonchev–Trinajstić information content (AvgIpc) is 3.11. The summed E-state index contributed by atoms with van der Waals surface area (Å²) in [5.41, 5.74) is 0.694. The molecule has 1 aromatic carbocycles. The number of hydrogen-bond donors (Lipinski definition) is 2. The lowest BCUT2D eigenvalue weighted by Gasteiger charge is -2.26. The van der Waals surface area contributed by atoms with Crippen LogP contribution in [0.5, 0.6) is 0 Å². The third kappa shape index (κ3) is 5.24. The Morgan fingerprint density at radius 2 is 2.00 bits per heavy atom. The van der Waals surface area contributed by atoms with Crippen molar-refractivity contribution in [2.45, 2.75) is 19.3 Å². The number of aliphatic carboxylic acids is 1. The van der Waals surface area contributed by atoms with E-state index in [1.54, 1.807) is 6.07 Å². The Hall–Kier alpha value is -2.58. The van der Waals surface area contributed by atoms with Gasteiger partial charge in [-0.1, -0.05) is 0 Å². The first-order valence-corrected chi connectivity index (χ1v) is 11.5. The highest BCUT2D eigenvalue weighted by molar-refractivity contribution is 14.1. The van der Waals surface area contributed by atoms with Crippen molar-refractivity contribution in [2.24, 2.45) is 0 Å². The van der Waals surface area contributed by atoms with E-state index in [0.717, 1.165) is 4.31 Å². The maximum absolute atomic E-state index is 13.4. The Kier molecular flexibility index (Phi) is 7.79. The Morgan fingerprint density at radius 1 is 1.31 bits per heavy atom. The Balaban J connectivity index is 2.08. The van der Waals surface area contributed by atoms with Crippen LogP contribution in [-0.4, -0.2) is 44.3 Å². The molecule has 2 aromatic heterocycles. The summed E-state index contributed by atoms with van der Waals surface area (Å²) in [6.07, 6.45) is 0.550. The molecule has 0 aliphatic carbocycles. The summed E-state index contributed by atoms with van der Waals surface area (Å²) in [6, 6.07) is 6.99. The molecule has 0 aliphatic heterocycles. The van der Waals surface area contributed by atoms with Crippen molar-refractivity contribution in [1.82, 2.24) is 10.3 Å². The second-order valence-electron chi connectivity index (χ2n) is 6.71.